The summed E-state index contributed by atoms with van der Waals surface area (Å²) in [7, 11) is 3.16. The van der Waals surface area contributed by atoms with Gasteiger partial charge in [0.15, 0.2) is 5.13 Å². The van der Waals surface area contributed by atoms with Crippen LogP contribution in [0.25, 0.3) is 0 Å². The predicted octanol–water partition coefficient (Wildman–Crippen LogP) is 2.12. The Bertz CT molecular complexity index is 645. The zero-order chi connectivity index (χ0) is 16.2. The van der Waals surface area contributed by atoms with Crippen LogP contribution in [0.15, 0.2) is 29.8 Å². The number of ether oxygens (including phenoxy) is 2. The van der Waals surface area contributed by atoms with E-state index >= 15 is 0 Å². The molecule has 1 aromatic carbocycles. The maximum Gasteiger partial charge on any atom is 0.254 e. The fourth-order valence-corrected chi connectivity index (χ4v) is 3.28. The first-order valence-corrected chi connectivity index (χ1v) is 8.26. The highest BCUT2D eigenvalue weighted by atomic mass is 32.1. The van der Waals surface area contributed by atoms with Crippen molar-refractivity contribution in [2.24, 2.45) is 0 Å². The van der Waals surface area contributed by atoms with Gasteiger partial charge in [-0.1, -0.05) is 0 Å². The highest BCUT2D eigenvalue weighted by molar-refractivity contribution is 7.13. The molecule has 2 aromatic rings. The van der Waals surface area contributed by atoms with E-state index in [2.05, 4.69) is 9.88 Å². The van der Waals surface area contributed by atoms with Crippen LogP contribution in [0.1, 0.15) is 10.4 Å². The average molecular weight is 333 g/mol. The highest BCUT2D eigenvalue weighted by Crippen LogP contribution is 2.24. The van der Waals surface area contributed by atoms with E-state index in [1.54, 1.807) is 50.0 Å². The van der Waals surface area contributed by atoms with Gasteiger partial charge in [-0.25, -0.2) is 4.98 Å². The van der Waals surface area contributed by atoms with Crippen LogP contribution in [-0.4, -0.2) is 56.2 Å². The third-order valence-corrected chi connectivity index (χ3v) is 4.69. The van der Waals surface area contributed by atoms with Gasteiger partial charge in [0.1, 0.15) is 11.5 Å². The molecule has 122 valence electrons. The Morgan fingerprint density at radius 2 is 1.74 bits per heavy atom. The predicted molar refractivity (Wildman–Crippen MR) is 89.8 cm³/mol. The minimum Gasteiger partial charge on any atom is -0.497 e. The zero-order valence-corrected chi connectivity index (χ0v) is 14.0. The molecule has 3 rings (SSSR count). The van der Waals surface area contributed by atoms with E-state index in [4.69, 9.17) is 9.47 Å². The molecule has 0 N–H and O–H groups in total. The van der Waals surface area contributed by atoms with E-state index < -0.39 is 0 Å². The molecule has 1 fully saturated rings. The smallest absolute Gasteiger partial charge is 0.254 e. The quantitative estimate of drug-likeness (QED) is 0.858. The van der Waals surface area contributed by atoms with Crippen molar-refractivity contribution in [2.45, 2.75) is 0 Å². The highest BCUT2D eigenvalue weighted by Gasteiger charge is 2.24. The Hall–Kier alpha value is -2.28. The van der Waals surface area contributed by atoms with Gasteiger partial charge in [0.25, 0.3) is 5.91 Å². The second-order valence-corrected chi connectivity index (χ2v) is 6.07. The van der Waals surface area contributed by atoms with Crippen LogP contribution in [0.5, 0.6) is 11.5 Å². The number of carbonyl (C=O) groups is 1. The van der Waals surface area contributed by atoms with Crippen LogP contribution >= 0.6 is 11.3 Å². The third kappa shape index (κ3) is 3.39. The van der Waals surface area contributed by atoms with Gasteiger partial charge in [0.2, 0.25) is 0 Å². The first-order chi connectivity index (χ1) is 11.2. The Labute approximate surface area is 139 Å². The Balaban J connectivity index is 1.70. The van der Waals surface area contributed by atoms with Crippen LogP contribution in [0.2, 0.25) is 0 Å². The summed E-state index contributed by atoms with van der Waals surface area (Å²) in [5.74, 6) is 1.24. The number of rotatable bonds is 4. The summed E-state index contributed by atoms with van der Waals surface area (Å²) < 4.78 is 10.5. The molecule has 0 radical (unpaired) electrons. The summed E-state index contributed by atoms with van der Waals surface area (Å²) >= 11 is 1.62. The molecule has 1 amide bonds. The molecule has 1 aromatic heterocycles. The van der Waals surface area contributed by atoms with Gasteiger partial charge >= 0.3 is 0 Å². The molecule has 7 heteroatoms. The summed E-state index contributed by atoms with van der Waals surface area (Å²) in [4.78, 5) is 21.1. The lowest BCUT2D eigenvalue weighted by molar-refractivity contribution is 0.0746. The van der Waals surface area contributed by atoms with Crippen LogP contribution in [0.4, 0.5) is 5.13 Å². The van der Waals surface area contributed by atoms with E-state index in [1.807, 2.05) is 10.3 Å². The molecule has 0 saturated carbocycles. The molecule has 1 saturated heterocycles. The van der Waals surface area contributed by atoms with E-state index in [9.17, 15) is 4.79 Å². The van der Waals surface area contributed by atoms with E-state index in [1.165, 1.54) is 0 Å². The van der Waals surface area contributed by atoms with Gasteiger partial charge in [-0.15, -0.1) is 11.3 Å². The van der Waals surface area contributed by atoms with Crippen molar-refractivity contribution in [1.29, 1.82) is 0 Å². The Morgan fingerprint density at radius 3 is 2.26 bits per heavy atom. The lowest BCUT2D eigenvalue weighted by Crippen LogP contribution is -2.48. The molecule has 0 aliphatic carbocycles. The summed E-state index contributed by atoms with van der Waals surface area (Å²) in [6, 6.07) is 5.26. The monoisotopic (exact) mass is 333 g/mol. The Kier molecular flexibility index (Phi) is 4.66. The van der Waals surface area contributed by atoms with Crippen molar-refractivity contribution in [2.75, 3.05) is 45.3 Å². The van der Waals surface area contributed by atoms with Gasteiger partial charge in [0.05, 0.1) is 14.2 Å². The fraction of sp³-hybridized carbons (Fsp3) is 0.375. The van der Waals surface area contributed by atoms with E-state index in [0.717, 1.165) is 18.2 Å². The minimum atomic E-state index is 0.000916. The number of carbonyl (C=O) groups excluding carboxylic acids is 1. The lowest BCUT2D eigenvalue weighted by atomic mass is 10.1. The molecule has 0 atom stereocenters. The number of aromatic nitrogens is 1. The van der Waals surface area contributed by atoms with Gasteiger partial charge in [-0.2, -0.15) is 0 Å². The molecular formula is C16H19N3O3S. The summed E-state index contributed by atoms with van der Waals surface area (Å²) in [5.41, 5.74) is 0.587. The third-order valence-electron chi connectivity index (χ3n) is 3.86. The first-order valence-electron chi connectivity index (χ1n) is 7.38. The molecule has 1 aliphatic rings. The van der Waals surface area contributed by atoms with Crippen LogP contribution < -0.4 is 14.4 Å². The van der Waals surface area contributed by atoms with Crippen molar-refractivity contribution in [1.82, 2.24) is 9.88 Å². The number of benzene rings is 1. The van der Waals surface area contributed by atoms with E-state index in [-0.39, 0.29) is 5.91 Å². The lowest BCUT2D eigenvalue weighted by Gasteiger charge is -2.34. The molecule has 0 bridgehead atoms. The standard InChI is InChI=1S/C16H19N3O3S/c1-21-13-9-12(10-14(11-13)22-2)15(20)18-4-6-19(7-5-18)16-17-3-8-23-16/h3,8-11H,4-7H2,1-2H3. The number of amides is 1. The minimum absolute atomic E-state index is 0.000916. The summed E-state index contributed by atoms with van der Waals surface area (Å²) in [5, 5.41) is 2.98. The summed E-state index contributed by atoms with van der Waals surface area (Å²) in [6.45, 7) is 2.94. The largest absolute Gasteiger partial charge is 0.497 e. The van der Waals surface area contributed by atoms with Crippen molar-refractivity contribution in [3.8, 4) is 11.5 Å². The SMILES string of the molecule is COc1cc(OC)cc(C(=O)N2CCN(c3nccs3)CC2)c1. The molecule has 6 nitrogen and oxygen atoms in total. The topological polar surface area (TPSA) is 54.9 Å². The number of hydrogen-bond donors (Lipinski definition) is 0. The van der Waals surface area contributed by atoms with Crippen molar-refractivity contribution in [3.63, 3.8) is 0 Å². The number of thiazole rings is 1. The number of piperazine rings is 1. The number of methoxy groups -OCH3 is 2. The molecule has 1 aliphatic heterocycles. The number of anilines is 1. The van der Waals surface area contributed by atoms with Crippen LogP contribution in [0, 0.1) is 0 Å². The molecule has 23 heavy (non-hydrogen) atoms. The van der Waals surface area contributed by atoms with E-state index in [0.29, 0.717) is 30.2 Å². The van der Waals surface area contributed by atoms with Crippen molar-refractivity contribution < 1.29 is 14.3 Å². The molecule has 0 unspecified atom stereocenters. The normalized spacial score (nSPS) is 14.7. The van der Waals surface area contributed by atoms with Crippen LogP contribution in [0.3, 0.4) is 0 Å². The maximum absolute atomic E-state index is 12.7. The average Bonchev–Trinajstić information content (AvgIpc) is 3.15. The maximum atomic E-state index is 12.7. The number of hydrogen-bond acceptors (Lipinski definition) is 6. The fourth-order valence-electron chi connectivity index (χ4n) is 2.59. The van der Waals surface area contributed by atoms with Gasteiger partial charge in [0, 0.05) is 49.4 Å². The summed E-state index contributed by atoms with van der Waals surface area (Å²) in [6.07, 6.45) is 1.81. The van der Waals surface area contributed by atoms with Crippen molar-refractivity contribution >= 4 is 22.4 Å². The van der Waals surface area contributed by atoms with Gasteiger partial charge in [-0.05, 0) is 12.1 Å². The molecule has 2 heterocycles. The molecule has 0 spiro atoms. The zero-order valence-electron chi connectivity index (χ0n) is 13.2. The first kappa shape index (κ1) is 15.6. The molecular weight excluding hydrogens is 314 g/mol. The second-order valence-electron chi connectivity index (χ2n) is 5.20. The van der Waals surface area contributed by atoms with Crippen LogP contribution in [-0.2, 0) is 0 Å². The van der Waals surface area contributed by atoms with Crippen molar-refractivity contribution in [3.05, 3.63) is 35.3 Å². The van der Waals surface area contributed by atoms with Gasteiger partial charge in [-0.3, -0.25) is 4.79 Å². The Morgan fingerprint density at radius 1 is 1.09 bits per heavy atom. The second kappa shape index (κ2) is 6.87. The van der Waals surface area contributed by atoms with Gasteiger partial charge < -0.3 is 19.3 Å². The number of nitrogens with zero attached hydrogens (tertiary/aromatic N) is 3.